The standard InChI is InChI=1S/C16H17N3/c17-16(18)19-12-15-10-8-14(9-11-15)7-6-13-4-2-1-3-5-13/h1-11H,12H2,(H4,17,18,19)/b7-6+. The normalized spacial score (nSPS) is 10.5. The molecule has 96 valence electrons. The van der Waals surface area contributed by atoms with Gasteiger partial charge in [-0.1, -0.05) is 66.7 Å². The summed E-state index contributed by atoms with van der Waals surface area (Å²) in [6.07, 6.45) is 4.17. The number of guanidine groups is 1. The molecule has 2 aromatic carbocycles. The lowest BCUT2D eigenvalue weighted by molar-refractivity contribution is 1.05. The van der Waals surface area contributed by atoms with Crippen molar-refractivity contribution in [2.24, 2.45) is 16.5 Å². The first kappa shape index (κ1) is 12.9. The van der Waals surface area contributed by atoms with Crippen molar-refractivity contribution >= 4 is 18.1 Å². The van der Waals surface area contributed by atoms with E-state index < -0.39 is 0 Å². The molecule has 0 saturated carbocycles. The minimum absolute atomic E-state index is 0.119. The predicted octanol–water partition coefficient (Wildman–Crippen LogP) is 2.63. The molecule has 3 nitrogen and oxygen atoms in total. The van der Waals surface area contributed by atoms with Gasteiger partial charge in [0.05, 0.1) is 6.54 Å². The molecular formula is C16H17N3. The molecule has 0 bridgehead atoms. The van der Waals surface area contributed by atoms with Crippen LogP contribution in [0.1, 0.15) is 16.7 Å². The maximum atomic E-state index is 5.30. The molecule has 2 rings (SSSR count). The van der Waals surface area contributed by atoms with Crippen molar-refractivity contribution in [2.75, 3.05) is 0 Å². The van der Waals surface area contributed by atoms with Crippen molar-refractivity contribution in [2.45, 2.75) is 6.54 Å². The third-order valence-electron chi connectivity index (χ3n) is 2.69. The van der Waals surface area contributed by atoms with Gasteiger partial charge in [-0.05, 0) is 16.7 Å². The van der Waals surface area contributed by atoms with Gasteiger partial charge >= 0.3 is 0 Å². The Kier molecular flexibility index (Phi) is 4.34. The summed E-state index contributed by atoms with van der Waals surface area (Å²) < 4.78 is 0. The molecule has 0 atom stereocenters. The van der Waals surface area contributed by atoms with Crippen LogP contribution in [0.5, 0.6) is 0 Å². The van der Waals surface area contributed by atoms with E-state index in [0.717, 1.165) is 11.1 Å². The zero-order valence-electron chi connectivity index (χ0n) is 10.7. The van der Waals surface area contributed by atoms with Gasteiger partial charge in [-0.25, -0.2) is 4.99 Å². The lowest BCUT2D eigenvalue weighted by Crippen LogP contribution is -2.22. The third kappa shape index (κ3) is 4.32. The second-order valence-corrected chi connectivity index (χ2v) is 4.23. The first-order valence-corrected chi connectivity index (χ1v) is 6.11. The van der Waals surface area contributed by atoms with Crippen LogP contribution in [-0.2, 0) is 6.54 Å². The highest BCUT2D eigenvalue weighted by atomic mass is 15.0. The van der Waals surface area contributed by atoms with E-state index in [0.29, 0.717) is 6.54 Å². The SMILES string of the molecule is NC(N)=NCc1ccc(/C=C/c2ccccc2)cc1. The summed E-state index contributed by atoms with van der Waals surface area (Å²) in [6, 6.07) is 18.4. The fourth-order valence-electron chi connectivity index (χ4n) is 1.67. The van der Waals surface area contributed by atoms with E-state index in [4.69, 9.17) is 11.5 Å². The Morgan fingerprint density at radius 1 is 0.842 bits per heavy atom. The van der Waals surface area contributed by atoms with Gasteiger partial charge in [0.2, 0.25) is 0 Å². The van der Waals surface area contributed by atoms with E-state index in [1.54, 1.807) is 0 Å². The Hall–Kier alpha value is -2.55. The molecule has 0 unspecified atom stereocenters. The van der Waals surface area contributed by atoms with Crippen molar-refractivity contribution in [1.82, 2.24) is 0 Å². The maximum absolute atomic E-state index is 5.30. The third-order valence-corrected chi connectivity index (χ3v) is 2.69. The lowest BCUT2D eigenvalue weighted by Gasteiger charge is -1.99. The predicted molar refractivity (Wildman–Crippen MR) is 81.3 cm³/mol. The zero-order chi connectivity index (χ0) is 13.5. The van der Waals surface area contributed by atoms with E-state index in [9.17, 15) is 0 Å². The molecule has 3 heteroatoms. The molecule has 0 aliphatic rings. The van der Waals surface area contributed by atoms with Crippen LogP contribution in [0, 0.1) is 0 Å². The largest absolute Gasteiger partial charge is 0.370 e. The summed E-state index contributed by atoms with van der Waals surface area (Å²) in [5.74, 6) is 0.119. The quantitative estimate of drug-likeness (QED) is 0.498. The van der Waals surface area contributed by atoms with Gasteiger partial charge in [0, 0.05) is 0 Å². The van der Waals surface area contributed by atoms with Crippen LogP contribution < -0.4 is 11.5 Å². The van der Waals surface area contributed by atoms with Gasteiger partial charge in [0.1, 0.15) is 0 Å². The van der Waals surface area contributed by atoms with Gasteiger partial charge in [-0.15, -0.1) is 0 Å². The molecule has 0 radical (unpaired) electrons. The average Bonchev–Trinajstić information content (AvgIpc) is 2.45. The smallest absolute Gasteiger partial charge is 0.186 e. The molecule has 0 saturated heterocycles. The van der Waals surface area contributed by atoms with Gasteiger partial charge in [-0.2, -0.15) is 0 Å². The van der Waals surface area contributed by atoms with Gasteiger partial charge < -0.3 is 11.5 Å². The highest BCUT2D eigenvalue weighted by molar-refractivity contribution is 5.75. The highest BCUT2D eigenvalue weighted by Gasteiger charge is 1.92. The molecule has 2 aromatic rings. The van der Waals surface area contributed by atoms with Gasteiger partial charge in [0.25, 0.3) is 0 Å². The van der Waals surface area contributed by atoms with Crippen LogP contribution in [-0.4, -0.2) is 5.96 Å². The maximum Gasteiger partial charge on any atom is 0.186 e. The van der Waals surface area contributed by atoms with E-state index in [1.807, 2.05) is 30.3 Å². The number of nitrogens with zero attached hydrogens (tertiary/aromatic N) is 1. The molecule has 0 aliphatic heterocycles. The summed E-state index contributed by atoms with van der Waals surface area (Å²) in [5, 5.41) is 0. The molecule has 0 aromatic heterocycles. The second-order valence-electron chi connectivity index (χ2n) is 4.23. The van der Waals surface area contributed by atoms with E-state index >= 15 is 0 Å². The minimum atomic E-state index is 0.119. The fourth-order valence-corrected chi connectivity index (χ4v) is 1.67. The summed E-state index contributed by atoms with van der Waals surface area (Å²) in [5.41, 5.74) is 14.0. The first-order chi connectivity index (χ1) is 9.24. The second kappa shape index (κ2) is 6.40. The van der Waals surface area contributed by atoms with Gasteiger partial charge in [-0.3, -0.25) is 0 Å². The molecular weight excluding hydrogens is 234 g/mol. The Bertz CT molecular complexity index is 565. The van der Waals surface area contributed by atoms with E-state index in [1.165, 1.54) is 5.56 Å². The number of rotatable bonds is 4. The number of hydrogen-bond donors (Lipinski definition) is 2. The van der Waals surface area contributed by atoms with Crippen LogP contribution >= 0.6 is 0 Å². The van der Waals surface area contributed by atoms with E-state index in [2.05, 4.69) is 41.4 Å². The van der Waals surface area contributed by atoms with Crippen LogP contribution in [0.2, 0.25) is 0 Å². The lowest BCUT2D eigenvalue weighted by atomic mass is 10.1. The molecule has 0 heterocycles. The fraction of sp³-hybridized carbons (Fsp3) is 0.0625. The minimum Gasteiger partial charge on any atom is -0.370 e. The Labute approximate surface area is 113 Å². The van der Waals surface area contributed by atoms with Crippen molar-refractivity contribution < 1.29 is 0 Å². The van der Waals surface area contributed by atoms with Crippen molar-refractivity contribution in [1.29, 1.82) is 0 Å². The zero-order valence-corrected chi connectivity index (χ0v) is 10.7. The van der Waals surface area contributed by atoms with Crippen LogP contribution in [0.4, 0.5) is 0 Å². The Balaban J connectivity index is 2.03. The molecule has 0 aliphatic carbocycles. The Morgan fingerprint density at radius 3 is 2.00 bits per heavy atom. The molecule has 19 heavy (non-hydrogen) atoms. The number of nitrogens with two attached hydrogens (primary N) is 2. The van der Waals surface area contributed by atoms with E-state index in [-0.39, 0.29) is 5.96 Å². The van der Waals surface area contributed by atoms with Crippen LogP contribution in [0.3, 0.4) is 0 Å². The number of hydrogen-bond acceptors (Lipinski definition) is 1. The summed E-state index contributed by atoms with van der Waals surface area (Å²) in [4.78, 5) is 3.97. The topological polar surface area (TPSA) is 64.4 Å². The molecule has 0 amide bonds. The van der Waals surface area contributed by atoms with Crippen molar-refractivity contribution in [3.63, 3.8) is 0 Å². The number of benzene rings is 2. The van der Waals surface area contributed by atoms with Crippen LogP contribution in [0.15, 0.2) is 59.6 Å². The van der Waals surface area contributed by atoms with Gasteiger partial charge in [0.15, 0.2) is 5.96 Å². The molecule has 0 fully saturated rings. The van der Waals surface area contributed by atoms with Crippen LogP contribution in [0.25, 0.3) is 12.2 Å². The molecule has 4 N–H and O–H groups in total. The molecule has 0 spiro atoms. The Morgan fingerprint density at radius 2 is 1.42 bits per heavy atom. The summed E-state index contributed by atoms with van der Waals surface area (Å²) in [7, 11) is 0. The van der Waals surface area contributed by atoms with Crippen molar-refractivity contribution in [3.8, 4) is 0 Å². The summed E-state index contributed by atoms with van der Waals surface area (Å²) in [6.45, 7) is 0.519. The number of aliphatic imine (C=N–C) groups is 1. The summed E-state index contributed by atoms with van der Waals surface area (Å²) >= 11 is 0. The highest BCUT2D eigenvalue weighted by Crippen LogP contribution is 2.10. The monoisotopic (exact) mass is 251 g/mol. The first-order valence-electron chi connectivity index (χ1n) is 6.11. The van der Waals surface area contributed by atoms with Crippen molar-refractivity contribution in [3.05, 3.63) is 71.3 Å². The average molecular weight is 251 g/mol.